The van der Waals surface area contributed by atoms with Crippen LogP contribution in [0, 0.1) is 0 Å². The summed E-state index contributed by atoms with van der Waals surface area (Å²) in [5.41, 5.74) is 1.69. The molecule has 0 aliphatic carbocycles. The van der Waals surface area contributed by atoms with E-state index in [2.05, 4.69) is 5.32 Å². The molecule has 3 aromatic carbocycles. The number of sulfone groups is 1. The van der Waals surface area contributed by atoms with E-state index < -0.39 is 21.9 Å². The first kappa shape index (κ1) is 28.1. The molecule has 0 heterocycles. The van der Waals surface area contributed by atoms with E-state index in [0.717, 1.165) is 11.1 Å². The topological polar surface area (TPSA) is 92.7 Å². The lowest BCUT2D eigenvalue weighted by atomic mass is 10.1. The SMILES string of the molecule is CC(=O)Oc1ccc(S(=O)(=O)c2ccc(CCNC[C@@H](O)c3cccc(Cl)c3)cc2)cc1Cl.Cl. The monoisotopic (exact) mass is 543 g/mol. The molecular formula is C24H24Cl3NO5S. The van der Waals surface area contributed by atoms with Gasteiger partial charge in [-0.05, 0) is 66.6 Å². The van der Waals surface area contributed by atoms with Gasteiger partial charge in [0.2, 0.25) is 9.84 Å². The average Bonchev–Trinajstić information content (AvgIpc) is 2.78. The number of carbonyl (C=O) groups excluding carboxylic acids is 1. The number of aliphatic hydroxyl groups excluding tert-OH is 1. The quantitative estimate of drug-likeness (QED) is 0.223. The summed E-state index contributed by atoms with van der Waals surface area (Å²) in [7, 11) is -3.78. The van der Waals surface area contributed by atoms with E-state index in [0.29, 0.717) is 24.5 Å². The number of benzene rings is 3. The molecule has 3 aromatic rings. The first-order valence-electron chi connectivity index (χ1n) is 10.1. The van der Waals surface area contributed by atoms with Crippen LogP contribution in [0.25, 0.3) is 0 Å². The van der Waals surface area contributed by atoms with Crippen molar-refractivity contribution in [3.63, 3.8) is 0 Å². The molecule has 0 radical (unpaired) electrons. The molecule has 2 N–H and O–H groups in total. The van der Waals surface area contributed by atoms with E-state index in [-0.39, 0.29) is 33.0 Å². The fourth-order valence-corrected chi connectivity index (χ4v) is 4.93. The second-order valence-corrected chi connectivity index (χ2v) is 10.2. The molecule has 0 bridgehead atoms. The molecule has 182 valence electrons. The number of aliphatic hydroxyl groups is 1. The molecule has 0 spiro atoms. The molecule has 10 heteroatoms. The van der Waals surface area contributed by atoms with Crippen LogP contribution >= 0.6 is 35.6 Å². The first-order valence-corrected chi connectivity index (χ1v) is 12.4. The molecular weight excluding hydrogens is 521 g/mol. The van der Waals surface area contributed by atoms with Gasteiger partial charge in [-0.3, -0.25) is 4.79 Å². The molecule has 0 aromatic heterocycles. The van der Waals surface area contributed by atoms with Gasteiger partial charge in [0.05, 0.1) is 20.9 Å². The first-order chi connectivity index (χ1) is 15.7. The fraction of sp³-hybridized carbons (Fsp3) is 0.208. The van der Waals surface area contributed by atoms with Crippen LogP contribution in [0.5, 0.6) is 5.75 Å². The highest BCUT2D eigenvalue weighted by molar-refractivity contribution is 7.91. The summed E-state index contributed by atoms with van der Waals surface area (Å²) in [4.78, 5) is 11.2. The average molecular weight is 545 g/mol. The third-order valence-electron chi connectivity index (χ3n) is 4.86. The molecule has 0 saturated heterocycles. The van der Waals surface area contributed by atoms with Gasteiger partial charge in [-0.25, -0.2) is 8.42 Å². The number of hydrogen-bond donors (Lipinski definition) is 2. The Bertz CT molecular complexity index is 1230. The van der Waals surface area contributed by atoms with Crippen molar-refractivity contribution in [3.8, 4) is 5.75 Å². The number of halogens is 3. The molecule has 34 heavy (non-hydrogen) atoms. The second kappa shape index (κ2) is 12.5. The summed E-state index contributed by atoms with van der Waals surface area (Å²) >= 11 is 12.0. The largest absolute Gasteiger partial charge is 0.425 e. The predicted octanol–water partition coefficient (Wildman–Crippen LogP) is 5.04. The highest BCUT2D eigenvalue weighted by atomic mass is 35.5. The Hall–Kier alpha value is -2.13. The van der Waals surface area contributed by atoms with Crippen molar-refractivity contribution in [1.29, 1.82) is 0 Å². The highest BCUT2D eigenvalue weighted by Crippen LogP contribution is 2.30. The zero-order valence-electron chi connectivity index (χ0n) is 18.2. The standard InChI is InChI=1S/C24H23Cl2NO5S.ClH/c1-16(28)32-24-10-9-21(14-22(24)26)33(30,31)20-7-5-17(6-8-20)11-12-27-15-23(29)18-3-2-4-19(25)13-18;/h2-10,13-14,23,27,29H,11-12,15H2,1H3;1H/t23-;/m1./s1. The molecule has 3 rings (SSSR count). The van der Waals surface area contributed by atoms with Gasteiger partial charge in [-0.1, -0.05) is 47.5 Å². The molecule has 0 fully saturated rings. The Balaban J connectivity index is 0.00000408. The van der Waals surface area contributed by atoms with Crippen molar-refractivity contribution in [1.82, 2.24) is 5.32 Å². The molecule has 1 atom stereocenters. The van der Waals surface area contributed by atoms with Crippen molar-refractivity contribution in [2.75, 3.05) is 13.1 Å². The van der Waals surface area contributed by atoms with Crippen molar-refractivity contribution in [2.24, 2.45) is 0 Å². The van der Waals surface area contributed by atoms with Crippen molar-refractivity contribution in [2.45, 2.75) is 29.2 Å². The lowest BCUT2D eigenvalue weighted by Gasteiger charge is -2.13. The summed E-state index contributed by atoms with van der Waals surface area (Å²) in [5, 5.41) is 14.0. The van der Waals surface area contributed by atoms with Gasteiger partial charge in [-0.2, -0.15) is 0 Å². The number of carbonyl (C=O) groups is 1. The van der Waals surface area contributed by atoms with Crippen LogP contribution in [0.2, 0.25) is 10.0 Å². The Morgan fingerprint density at radius 3 is 2.32 bits per heavy atom. The van der Waals surface area contributed by atoms with Crippen LogP contribution in [0.3, 0.4) is 0 Å². The lowest BCUT2D eigenvalue weighted by Crippen LogP contribution is -2.23. The predicted molar refractivity (Wildman–Crippen MR) is 135 cm³/mol. The second-order valence-electron chi connectivity index (χ2n) is 7.36. The Labute approximate surface area is 215 Å². The van der Waals surface area contributed by atoms with Gasteiger partial charge >= 0.3 is 5.97 Å². The van der Waals surface area contributed by atoms with Crippen molar-refractivity contribution >= 4 is 51.4 Å². The van der Waals surface area contributed by atoms with Crippen molar-refractivity contribution < 1.29 is 23.1 Å². The minimum absolute atomic E-state index is 0. The maximum atomic E-state index is 12.9. The Morgan fingerprint density at radius 2 is 1.71 bits per heavy atom. The van der Waals surface area contributed by atoms with Gasteiger partial charge < -0.3 is 15.2 Å². The Morgan fingerprint density at radius 1 is 1.03 bits per heavy atom. The maximum absolute atomic E-state index is 12.9. The lowest BCUT2D eigenvalue weighted by molar-refractivity contribution is -0.131. The smallest absolute Gasteiger partial charge is 0.308 e. The van der Waals surface area contributed by atoms with E-state index in [1.54, 1.807) is 42.5 Å². The number of nitrogens with one attached hydrogen (secondary N) is 1. The fourth-order valence-electron chi connectivity index (χ4n) is 3.16. The van der Waals surface area contributed by atoms with E-state index in [4.69, 9.17) is 27.9 Å². The number of esters is 1. The van der Waals surface area contributed by atoms with Crippen LogP contribution < -0.4 is 10.1 Å². The molecule has 0 unspecified atom stereocenters. The minimum atomic E-state index is -3.78. The molecule has 0 aliphatic heterocycles. The molecule has 0 aliphatic rings. The zero-order chi connectivity index (χ0) is 24.0. The van der Waals surface area contributed by atoms with E-state index in [1.165, 1.54) is 25.1 Å². The zero-order valence-corrected chi connectivity index (χ0v) is 21.3. The van der Waals surface area contributed by atoms with Gasteiger partial charge in [-0.15, -0.1) is 12.4 Å². The highest BCUT2D eigenvalue weighted by Gasteiger charge is 2.19. The van der Waals surface area contributed by atoms with Gasteiger partial charge in [0.15, 0.2) is 0 Å². The van der Waals surface area contributed by atoms with Gasteiger partial charge in [0.25, 0.3) is 0 Å². The number of hydrogen-bond acceptors (Lipinski definition) is 6. The molecule has 0 amide bonds. The van der Waals surface area contributed by atoms with Crippen LogP contribution in [-0.4, -0.2) is 32.6 Å². The number of rotatable bonds is 9. The summed E-state index contributed by atoms with van der Waals surface area (Å²) in [5.74, 6) is -0.442. The Kier molecular flexibility index (Phi) is 10.4. The summed E-state index contributed by atoms with van der Waals surface area (Å²) < 4.78 is 30.8. The third-order valence-corrected chi connectivity index (χ3v) is 7.16. The molecule has 6 nitrogen and oxygen atoms in total. The van der Waals surface area contributed by atoms with Crippen LogP contribution in [0.4, 0.5) is 0 Å². The minimum Gasteiger partial charge on any atom is -0.425 e. The van der Waals surface area contributed by atoms with E-state index in [9.17, 15) is 18.3 Å². The van der Waals surface area contributed by atoms with E-state index >= 15 is 0 Å². The normalized spacial score (nSPS) is 12.0. The van der Waals surface area contributed by atoms with Gasteiger partial charge in [0.1, 0.15) is 5.75 Å². The molecule has 0 saturated carbocycles. The number of ether oxygens (including phenoxy) is 1. The van der Waals surface area contributed by atoms with Crippen LogP contribution in [0.1, 0.15) is 24.2 Å². The van der Waals surface area contributed by atoms with Crippen LogP contribution in [-0.2, 0) is 21.1 Å². The van der Waals surface area contributed by atoms with Crippen LogP contribution in [0.15, 0.2) is 76.5 Å². The summed E-state index contributed by atoms with van der Waals surface area (Å²) in [6, 6.07) is 17.6. The van der Waals surface area contributed by atoms with E-state index in [1.807, 2.05) is 6.07 Å². The maximum Gasteiger partial charge on any atom is 0.308 e. The van der Waals surface area contributed by atoms with Crippen molar-refractivity contribution in [3.05, 3.63) is 87.9 Å². The van der Waals surface area contributed by atoms with Gasteiger partial charge in [0, 0.05) is 18.5 Å². The summed E-state index contributed by atoms with van der Waals surface area (Å²) in [6.45, 7) is 2.22. The third kappa shape index (κ3) is 7.43. The summed E-state index contributed by atoms with van der Waals surface area (Å²) in [6.07, 6.45) is -0.0128.